The van der Waals surface area contributed by atoms with Crippen LogP contribution in [-0.4, -0.2) is 50.0 Å². The summed E-state index contributed by atoms with van der Waals surface area (Å²) in [6.07, 6.45) is 6.55. The maximum atomic E-state index is 4.26. The lowest BCUT2D eigenvalue weighted by molar-refractivity contribution is 0.214. The van der Waals surface area contributed by atoms with Crippen molar-refractivity contribution in [2.45, 2.75) is 31.8 Å². The lowest BCUT2D eigenvalue weighted by Crippen LogP contribution is -2.43. The molecule has 0 amide bonds. The molecule has 2 heterocycles. The zero-order chi connectivity index (χ0) is 11.4. The summed E-state index contributed by atoms with van der Waals surface area (Å²) in [4.78, 5) is 6.77. The van der Waals surface area contributed by atoms with Crippen LogP contribution in [0.1, 0.15) is 19.8 Å². The van der Waals surface area contributed by atoms with Crippen LogP contribution >= 0.6 is 0 Å². The van der Waals surface area contributed by atoms with Crippen molar-refractivity contribution in [1.82, 2.24) is 15.5 Å². The Bertz CT molecular complexity index is 277. The number of rotatable bonds is 3. The average Bonchev–Trinajstić information content (AvgIpc) is 2.30. The molecule has 0 bridgehead atoms. The van der Waals surface area contributed by atoms with E-state index in [0.29, 0.717) is 12.1 Å². The Hall–Kier alpha value is -0.870. The molecule has 0 aromatic rings. The molecule has 1 saturated heterocycles. The molecule has 0 aromatic carbocycles. The Morgan fingerprint density at radius 1 is 1.50 bits per heavy atom. The molecule has 0 aromatic heterocycles. The van der Waals surface area contributed by atoms with Crippen LogP contribution in [0.4, 0.5) is 0 Å². The average molecular weight is 222 g/mol. The molecule has 1 atom stereocenters. The van der Waals surface area contributed by atoms with Crippen LogP contribution in [0.15, 0.2) is 16.8 Å². The first kappa shape index (κ1) is 11.6. The predicted molar refractivity (Wildman–Crippen MR) is 67.7 cm³/mol. The van der Waals surface area contributed by atoms with E-state index in [2.05, 4.69) is 40.6 Å². The summed E-state index contributed by atoms with van der Waals surface area (Å²) in [5, 5.41) is 6.59. The third kappa shape index (κ3) is 3.06. The monoisotopic (exact) mass is 222 g/mol. The van der Waals surface area contributed by atoms with Gasteiger partial charge in [0.25, 0.3) is 0 Å². The predicted octanol–water partition coefficient (Wildman–Crippen LogP) is 0.574. The summed E-state index contributed by atoms with van der Waals surface area (Å²) in [7, 11) is 2.06. The van der Waals surface area contributed by atoms with Crippen LogP contribution < -0.4 is 10.6 Å². The van der Waals surface area contributed by atoms with E-state index in [1.165, 1.54) is 31.6 Å². The fraction of sp³-hybridized carbons (Fsp3) is 0.750. The highest BCUT2D eigenvalue weighted by atomic mass is 15.2. The van der Waals surface area contributed by atoms with Gasteiger partial charge in [0.05, 0.1) is 12.4 Å². The van der Waals surface area contributed by atoms with E-state index < -0.39 is 0 Å². The number of hydrogen-bond acceptors (Lipinski definition) is 4. The van der Waals surface area contributed by atoms with E-state index >= 15 is 0 Å². The third-order valence-corrected chi connectivity index (χ3v) is 3.39. The normalized spacial score (nSPS) is 27.6. The maximum Gasteiger partial charge on any atom is 0.0873 e. The molecule has 2 aliphatic heterocycles. The standard InChI is InChI=1S/C12H22N4/c1-10-7-12(15-9-14-10)8-16-5-3-11(13-2)4-6-16/h7,9-11,13H,3-6,8H2,1-2H3,(H,14,15). The van der Waals surface area contributed by atoms with E-state index in [1.807, 2.05) is 6.34 Å². The molecule has 2 aliphatic rings. The molecule has 0 aliphatic carbocycles. The van der Waals surface area contributed by atoms with Gasteiger partial charge in [0, 0.05) is 31.4 Å². The molecule has 1 unspecified atom stereocenters. The highest BCUT2D eigenvalue weighted by Gasteiger charge is 2.18. The first-order valence-electron chi connectivity index (χ1n) is 6.16. The van der Waals surface area contributed by atoms with Crippen molar-refractivity contribution < 1.29 is 0 Å². The van der Waals surface area contributed by atoms with Crippen molar-refractivity contribution in [3.63, 3.8) is 0 Å². The van der Waals surface area contributed by atoms with Gasteiger partial charge in [-0.1, -0.05) is 0 Å². The zero-order valence-electron chi connectivity index (χ0n) is 10.2. The summed E-state index contributed by atoms with van der Waals surface area (Å²) in [5.41, 5.74) is 1.30. The fourth-order valence-electron chi connectivity index (χ4n) is 2.34. The topological polar surface area (TPSA) is 39.7 Å². The van der Waals surface area contributed by atoms with Gasteiger partial charge in [-0.3, -0.25) is 9.89 Å². The van der Waals surface area contributed by atoms with Gasteiger partial charge in [0.2, 0.25) is 0 Å². The second-order valence-electron chi connectivity index (χ2n) is 4.69. The fourth-order valence-corrected chi connectivity index (χ4v) is 2.34. The molecule has 0 radical (unpaired) electrons. The molecule has 16 heavy (non-hydrogen) atoms. The van der Waals surface area contributed by atoms with Crippen molar-refractivity contribution >= 4 is 6.34 Å². The first-order chi connectivity index (χ1) is 7.78. The minimum absolute atomic E-state index is 0.325. The van der Waals surface area contributed by atoms with E-state index in [0.717, 1.165) is 6.54 Å². The van der Waals surface area contributed by atoms with E-state index in [4.69, 9.17) is 0 Å². The van der Waals surface area contributed by atoms with Crippen LogP contribution in [-0.2, 0) is 0 Å². The number of nitrogens with zero attached hydrogens (tertiary/aromatic N) is 2. The molecule has 4 heteroatoms. The Balaban J connectivity index is 1.78. The van der Waals surface area contributed by atoms with Crippen molar-refractivity contribution in [2.75, 3.05) is 26.7 Å². The molecular weight excluding hydrogens is 200 g/mol. The highest BCUT2D eigenvalue weighted by molar-refractivity contribution is 5.59. The Morgan fingerprint density at radius 3 is 2.88 bits per heavy atom. The van der Waals surface area contributed by atoms with E-state index in [9.17, 15) is 0 Å². The van der Waals surface area contributed by atoms with Gasteiger partial charge in [-0.2, -0.15) is 0 Å². The van der Waals surface area contributed by atoms with Crippen molar-refractivity contribution in [3.8, 4) is 0 Å². The van der Waals surface area contributed by atoms with Gasteiger partial charge in [-0.25, -0.2) is 0 Å². The van der Waals surface area contributed by atoms with Gasteiger partial charge in [0.1, 0.15) is 0 Å². The molecular formula is C12H22N4. The smallest absolute Gasteiger partial charge is 0.0873 e. The van der Waals surface area contributed by atoms with Crippen molar-refractivity contribution in [2.24, 2.45) is 4.99 Å². The summed E-state index contributed by atoms with van der Waals surface area (Å²) in [5.74, 6) is 0. The number of aliphatic imine (C=N–C) groups is 1. The van der Waals surface area contributed by atoms with Gasteiger partial charge in [0.15, 0.2) is 0 Å². The Kier molecular flexibility index (Phi) is 3.96. The summed E-state index contributed by atoms with van der Waals surface area (Å²) >= 11 is 0. The second kappa shape index (κ2) is 5.46. The molecule has 4 nitrogen and oxygen atoms in total. The number of nitrogens with one attached hydrogen (secondary N) is 2. The highest BCUT2D eigenvalue weighted by Crippen LogP contribution is 2.12. The minimum atomic E-state index is 0.325. The molecule has 2 rings (SSSR count). The molecule has 90 valence electrons. The summed E-state index contributed by atoms with van der Waals surface area (Å²) in [6.45, 7) is 5.53. The van der Waals surface area contributed by atoms with Crippen molar-refractivity contribution in [1.29, 1.82) is 0 Å². The number of piperidine rings is 1. The van der Waals surface area contributed by atoms with E-state index in [-0.39, 0.29) is 0 Å². The summed E-state index contributed by atoms with van der Waals surface area (Å²) in [6, 6.07) is 1.04. The van der Waals surface area contributed by atoms with Gasteiger partial charge in [-0.05, 0) is 32.9 Å². The largest absolute Gasteiger partial charge is 0.349 e. The van der Waals surface area contributed by atoms with Crippen LogP contribution in [0, 0.1) is 0 Å². The SMILES string of the molecule is CNC1CCN(CC2=CC(C)N=CN2)CC1. The Morgan fingerprint density at radius 2 is 2.25 bits per heavy atom. The third-order valence-electron chi connectivity index (χ3n) is 3.39. The summed E-state index contributed by atoms with van der Waals surface area (Å²) < 4.78 is 0. The van der Waals surface area contributed by atoms with Crippen LogP contribution in [0.25, 0.3) is 0 Å². The van der Waals surface area contributed by atoms with Gasteiger partial charge < -0.3 is 10.6 Å². The number of hydrogen-bond donors (Lipinski definition) is 2. The quantitative estimate of drug-likeness (QED) is 0.733. The van der Waals surface area contributed by atoms with Gasteiger partial charge >= 0.3 is 0 Å². The lowest BCUT2D eigenvalue weighted by Gasteiger charge is -2.32. The van der Waals surface area contributed by atoms with Crippen LogP contribution in [0.3, 0.4) is 0 Å². The maximum absolute atomic E-state index is 4.26. The number of likely N-dealkylation sites (tertiary alicyclic amines) is 1. The molecule has 2 N–H and O–H groups in total. The lowest BCUT2D eigenvalue weighted by atomic mass is 10.1. The molecule has 0 saturated carbocycles. The van der Waals surface area contributed by atoms with E-state index in [1.54, 1.807) is 0 Å². The zero-order valence-corrected chi connectivity index (χ0v) is 10.2. The first-order valence-corrected chi connectivity index (χ1v) is 6.16. The van der Waals surface area contributed by atoms with Crippen molar-refractivity contribution in [3.05, 3.63) is 11.8 Å². The van der Waals surface area contributed by atoms with Crippen LogP contribution in [0.2, 0.25) is 0 Å². The minimum Gasteiger partial charge on any atom is -0.349 e. The molecule has 0 spiro atoms. The van der Waals surface area contributed by atoms with Gasteiger partial charge in [-0.15, -0.1) is 0 Å². The van der Waals surface area contributed by atoms with Crippen LogP contribution in [0.5, 0.6) is 0 Å². The Labute approximate surface area is 97.8 Å². The second-order valence-corrected chi connectivity index (χ2v) is 4.69. The molecule has 1 fully saturated rings.